The van der Waals surface area contributed by atoms with Crippen molar-refractivity contribution in [2.75, 3.05) is 18.4 Å². The van der Waals surface area contributed by atoms with Crippen LogP contribution in [0.2, 0.25) is 0 Å². The highest BCUT2D eigenvalue weighted by molar-refractivity contribution is 6.11. The van der Waals surface area contributed by atoms with Crippen molar-refractivity contribution in [3.8, 4) is 11.1 Å². The average molecular weight is 426 g/mol. The van der Waals surface area contributed by atoms with Gasteiger partial charge in [-0.15, -0.1) is 0 Å². The fourth-order valence-electron chi connectivity index (χ4n) is 4.36. The van der Waals surface area contributed by atoms with Crippen LogP contribution in [0, 0.1) is 0 Å². The first-order chi connectivity index (χ1) is 15.8. The van der Waals surface area contributed by atoms with Gasteiger partial charge in [-0.25, -0.2) is 0 Å². The molecule has 1 aliphatic heterocycles. The molecule has 5 rings (SSSR count). The van der Waals surface area contributed by atoms with Crippen LogP contribution >= 0.6 is 0 Å². The van der Waals surface area contributed by atoms with E-state index in [1.807, 2.05) is 60.9 Å². The Labute approximate surface area is 187 Å². The van der Waals surface area contributed by atoms with Crippen molar-refractivity contribution in [2.24, 2.45) is 0 Å². The third kappa shape index (κ3) is 4.55. The summed E-state index contributed by atoms with van der Waals surface area (Å²) in [5.41, 5.74) is 5.27. The molecule has 0 unspecified atom stereocenters. The normalized spacial score (nSPS) is 14.9. The Morgan fingerprint density at radius 1 is 0.938 bits per heavy atom. The molecule has 0 spiro atoms. The van der Waals surface area contributed by atoms with Crippen LogP contribution in [0.3, 0.4) is 0 Å². The molecule has 2 aromatic heterocycles. The molecule has 4 aromatic rings. The van der Waals surface area contributed by atoms with E-state index < -0.39 is 0 Å². The SMILES string of the molecule is O=C(Nc1ccccc1)c1n[nH]c2ccc(-c3cncc(CN4CCCCCC4)c3)cc12. The number of para-hydroxylation sites is 1. The zero-order valence-corrected chi connectivity index (χ0v) is 18.1. The molecule has 0 radical (unpaired) electrons. The van der Waals surface area contributed by atoms with Crippen LogP contribution in [-0.4, -0.2) is 39.1 Å². The van der Waals surface area contributed by atoms with E-state index in [0.717, 1.165) is 47.4 Å². The Kier molecular flexibility index (Phi) is 5.94. The van der Waals surface area contributed by atoms with Gasteiger partial charge >= 0.3 is 0 Å². The number of hydrogen-bond acceptors (Lipinski definition) is 4. The topological polar surface area (TPSA) is 73.9 Å². The number of likely N-dealkylation sites (tertiary alicyclic amines) is 1. The number of fused-ring (bicyclic) bond motifs is 1. The Bertz CT molecular complexity index is 1210. The van der Waals surface area contributed by atoms with Crippen LogP contribution in [0.1, 0.15) is 41.7 Å². The minimum Gasteiger partial charge on any atom is -0.321 e. The van der Waals surface area contributed by atoms with Gasteiger partial charge < -0.3 is 5.32 Å². The number of anilines is 1. The zero-order chi connectivity index (χ0) is 21.8. The van der Waals surface area contributed by atoms with E-state index in [1.165, 1.54) is 31.2 Å². The molecule has 1 amide bonds. The predicted molar refractivity (Wildman–Crippen MR) is 127 cm³/mol. The molecule has 32 heavy (non-hydrogen) atoms. The molecule has 0 atom stereocenters. The van der Waals surface area contributed by atoms with Gasteiger partial charge in [-0.1, -0.05) is 37.1 Å². The van der Waals surface area contributed by atoms with Crippen molar-refractivity contribution in [3.05, 3.63) is 78.2 Å². The molecule has 6 nitrogen and oxygen atoms in total. The van der Waals surface area contributed by atoms with Crippen molar-refractivity contribution in [2.45, 2.75) is 32.2 Å². The van der Waals surface area contributed by atoms with Gasteiger partial charge in [-0.2, -0.15) is 5.10 Å². The number of nitrogens with one attached hydrogen (secondary N) is 2. The number of nitrogens with zero attached hydrogens (tertiary/aromatic N) is 3. The van der Waals surface area contributed by atoms with E-state index in [4.69, 9.17) is 0 Å². The number of amides is 1. The van der Waals surface area contributed by atoms with E-state index in [-0.39, 0.29) is 5.91 Å². The first-order valence-electron chi connectivity index (χ1n) is 11.3. The van der Waals surface area contributed by atoms with Crippen LogP contribution in [-0.2, 0) is 6.54 Å². The largest absolute Gasteiger partial charge is 0.321 e. The lowest BCUT2D eigenvalue weighted by Crippen LogP contribution is -2.24. The summed E-state index contributed by atoms with van der Waals surface area (Å²) in [7, 11) is 0. The van der Waals surface area contributed by atoms with Crippen LogP contribution in [0.15, 0.2) is 67.0 Å². The van der Waals surface area contributed by atoms with Gasteiger partial charge in [0.25, 0.3) is 5.91 Å². The highest BCUT2D eigenvalue weighted by Crippen LogP contribution is 2.26. The number of H-pyrrole nitrogens is 1. The number of rotatable bonds is 5. The lowest BCUT2D eigenvalue weighted by Gasteiger charge is -2.19. The van der Waals surface area contributed by atoms with Gasteiger partial charge in [0.1, 0.15) is 0 Å². The van der Waals surface area contributed by atoms with Gasteiger partial charge in [0.2, 0.25) is 0 Å². The van der Waals surface area contributed by atoms with Crippen molar-refractivity contribution < 1.29 is 4.79 Å². The summed E-state index contributed by atoms with van der Waals surface area (Å²) in [6, 6.07) is 17.7. The standard InChI is InChI=1S/C26H27N5O/c32-26(28-22-8-4-3-5-9-22)25-23-15-20(10-11-24(23)29-30-25)21-14-19(16-27-17-21)18-31-12-6-1-2-7-13-31/h3-5,8-11,14-17H,1-2,6-7,12-13,18H2,(H,28,32)(H,29,30). The molecular weight excluding hydrogens is 398 g/mol. The fraction of sp³-hybridized carbons (Fsp3) is 0.269. The minimum absolute atomic E-state index is 0.229. The number of pyridine rings is 1. The maximum absolute atomic E-state index is 12.8. The molecule has 0 aliphatic carbocycles. The number of carbonyl (C=O) groups is 1. The van der Waals surface area contributed by atoms with Gasteiger partial charge in [0, 0.05) is 35.6 Å². The summed E-state index contributed by atoms with van der Waals surface area (Å²) in [5, 5.41) is 11.0. The quantitative estimate of drug-likeness (QED) is 0.458. The molecule has 6 heteroatoms. The number of aromatic amines is 1. The van der Waals surface area contributed by atoms with E-state index in [9.17, 15) is 4.79 Å². The number of benzene rings is 2. The second-order valence-electron chi connectivity index (χ2n) is 8.42. The number of carbonyl (C=O) groups excluding carboxylic acids is 1. The fourth-order valence-corrected chi connectivity index (χ4v) is 4.36. The van der Waals surface area contributed by atoms with Crippen molar-refractivity contribution in [1.29, 1.82) is 0 Å². The molecule has 1 aliphatic rings. The van der Waals surface area contributed by atoms with Crippen LogP contribution in [0.5, 0.6) is 0 Å². The molecule has 1 saturated heterocycles. The summed E-state index contributed by atoms with van der Waals surface area (Å²) >= 11 is 0. The lowest BCUT2D eigenvalue weighted by molar-refractivity contribution is 0.102. The van der Waals surface area contributed by atoms with Crippen LogP contribution in [0.4, 0.5) is 5.69 Å². The Morgan fingerprint density at radius 3 is 2.56 bits per heavy atom. The average Bonchev–Trinajstić information content (AvgIpc) is 3.08. The predicted octanol–water partition coefficient (Wildman–Crippen LogP) is 5.25. The van der Waals surface area contributed by atoms with Crippen LogP contribution < -0.4 is 5.32 Å². The third-order valence-electron chi connectivity index (χ3n) is 6.04. The summed E-state index contributed by atoms with van der Waals surface area (Å²) < 4.78 is 0. The lowest BCUT2D eigenvalue weighted by atomic mass is 10.0. The van der Waals surface area contributed by atoms with E-state index in [2.05, 4.69) is 31.5 Å². The molecule has 0 saturated carbocycles. The van der Waals surface area contributed by atoms with Gasteiger partial charge in [-0.3, -0.25) is 19.8 Å². The first-order valence-corrected chi connectivity index (χ1v) is 11.3. The van der Waals surface area contributed by atoms with Gasteiger partial charge in [0.15, 0.2) is 5.69 Å². The summed E-state index contributed by atoms with van der Waals surface area (Å²) in [6.45, 7) is 3.25. The molecule has 2 aromatic carbocycles. The molecular formula is C26H27N5O. The number of hydrogen-bond donors (Lipinski definition) is 2. The maximum atomic E-state index is 12.8. The summed E-state index contributed by atoms with van der Waals surface area (Å²) in [5.74, 6) is -0.229. The smallest absolute Gasteiger partial charge is 0.276 e. The van der Waals surface area contributed by atoms with Crippen molar-refractivity contribution >= 4 is 22.5 Å². The van der Waals surface area contributed by atoms with Crippen LogP contribution in [0.25, 0.3) is 22.0 Å². The molecule has 0 bridgehead atoms. The van der Waals surface area contributed by atoms with Crippen molar-refractivity contribution in [1.82, 2.24) is 20.1 Å². The third-order valence-corrected chi connectivity index (χ3v) is 6.04. The molecule has 162 valence electrons. The van der Waals surface area contributed by atoms with Gasteiger partial charge in [-0.05, 0) is 67.4 Å². The van der Waals surface area contributed by atoms with E-state index in [0.29, 0.717) is 5.69 Å². The summed E-state index contributed by atoms with van der Waals surface area (Å²) in [4.78, 5) is 19.9. The highest BCUT2D eigenvalue weighted by atomic mass is 16.1. The molecule has 1 fully saturated rings. The summed E-state index contributed by atoms with van der Waals surface area (Å²) in [6.07, 6.45) is 9.07. The number of aromatic nitrogens is 3. The van der Waals surface area contributed by atoms with E-state index >= 15 is 0 Å². The van der Waals surface area contributed by atoms with Crippen molar-refractivity contribution in [3.63, 3.8) is 0 Å². The maximum Gasteiger partial charge on any atom is 0.276 e. The molecule has 2 N–H and O–H groups in total. The minimum atomic E-state index is -0.229. The monoisotopic (exact) mass is 425 g/mol. The highest BCUT2D eigenvalue weighted by Gasteiger charge is 2.16. The second-order valence-corrected chi connectivity index (χ2v) is 8.42. The second kappa shape index (κ2) is 9.32. The first kappa shape index (κ1) is 20.4. The molecule has 3 heterocycles. The van der Waals surface area contributed by atoms with Gasteiger partial charge in [0.05, 0.1) is 5.52 Å². The van der Waals surface area contributed by atoms with E-state index in [1.54, 1.807) is 0 Å². The zero-order valence-electron chi connectivity index (χ0n) is 18.1. The Balaban J connectivity index is 1.40. The Hall–Kier alpha value is -3.51. The Morgan fingerprint density at radius 2 is 1.75 bits per heavy atom.